The molecule has 2 aliphatic rings. The maximum Gasteiger partial charge on any atom is 0.246 e. The van der Waals surface area contributed by atoms with Crippen LogP contribution < -0.4 is 5.32 Å². The van der Waals surface area contributed by atoms with Crippen molar-refractivity contribution in [1.82, 2.24) is 15.1 Å². The Bertz CT molecular complexity index is 805. The van der Waals surface area contributed by atoms with Gasteiger partial charge in [-0.3, -0.25) is 9.59 Å². The molecule has 7 nitrogen and oxygen atoms in total. The molecule has 2 atom stereocenters. The minimum Gasteiger partial charge on any atom is -0.379 e. The van der Waals surface area contributed by atoms with Gasteiger partial charge in [0.25, 0.3) is 0 Å². The number of halogens is 2. The number of rotatable bonds is 7. The average Bonchev–Trinajstić information content (AvgIpc) is 2.96. The summed E-state index contributed by atoms with van der Waals surface area (Å²) in [6.07, 6.45) is 4.46. The van der Waals surface area contributed by atoms with E-state index in [1.54, 1.807) is 36.3 Å². The van der Waals surface area contributed by atoms with Gasteiger partial charge in [-0.1, -0.05) is 29.3 Å². The molecule has 0 aliphatic carbocycles. The second-order valence-corrected chi connectivity index (χ2v) is 8.48. The SMILES string of the molecule is COC1COCCC1NCCN1CCN(C(=O)C=Cc2ccc(Cl)c(Cl)c2)CCC1=O. The van der Waals surface area contributed by atoms with Crippen LogP contribution in [0.2, 0.25) is 10.0 Å². The van der Waals surface area contributed by atoms with Gasteiger partial charge in [-0.05, 0) is 30.2 Å². The molecule has 0 bridgehead atoms. The van der Waals surface area contributed by atoms with Crippen LogP contribution in [0.1, 0.15) is 18.4 Å². The van der Waals surface area contributed by atoms with Crippen molar-refractivity contribution >= 4 is 41.1 Å². The van der Waals surface area contributed by atoms with Crippen LogP contribution in [0.3, 0.4) is 0 Å². The summed E-state index contributed by atoms with van der Waals surface area (Å²) in [4.78, 5) is 28.6. The summed E-state index contributed by atoms with van der Waals surface area (Å²) >= 11 is 11.9. The molecule has 1 N–H and O–H groups in total. The second kappa shape index (κ2) is 11.8. The Kier molecular flexibility index (Phi) is 9.16. The van der Waals surface area contributed by atoms with E-state index in [0.29, 0.717) is 62.4 Å². The van der Waals surface area contributed by atoms with Crippen molar-refractivity contribution in [2.24, 2.45) is 0 Å². The molecule has 1 aromatic carbocycles. The molecule has 31 heavy (non-hydrogen) atoms. The number of benzene rings is 1. The van der Waals surface area contributed by atoms with E-state index in [9.17, 15) is 9.59 Å². The molecule has 1 aromatic rings. The van der Waals surface area contributed by atoms with E-state index in [4.69, 9.17) is 32.7 Å². The van der Waals surface area contributed by atoms with Crippen LogP contribution in [0.4, 0.5) is 0 Å². The summed E-state index contributed by atoms with van der Waals surface area (Å²) in [5.74, 6) is -0.0511. The van der Waals surface area contributed by atoms with E-state index in [0.717, 1.165) is 12.0 Å². The first-order valence-electron chi connectivity index (χ1n) is 10.5. The first kappa shape index (κ1) is 24.0. The van der Waals surface area contributed by atoms with Gasteiger partial charge in [0.15, 0.2) is 0 Å². The zero-order valence-corrected chi connectivity index (χ0v) is 19.2. The third-order valence-electron chi connectivity index (χ3n) is 5.66. The molecule has 0 saturated carbocycles. The van der Waals surface area contributed by atoms with Gasteiger partial charge in [0.1, 0.15) is 0 Å². The molecular weight excluding hydrogens is 441 g/mol. The molecule has 3 rings (SSSR count). The summed E-state index contributed by atoms with van der Waals surface area (Å²) in [7, 11) is 1.69. The molecule has 170 valence electrons. The molecular formula is C22H29Cl2N3O4. The number of methoxy groups -OCH3 is 1. The minimum atomic E-state index is -0.121. The molecule has 0 aromatic heterocycles. The number of carbonyl (C=O) groups is 2. The van der Waals surface area contributed by atoms with E-state index in [-0.39, 0.29) is 24.0 Å². The van der Waals surface area contributed by atoms with Crippen LogP contribution in [-0.4, -0.2) is 86.8 Å². The predicted octanol–water partition coefficient (Wildman–Crippen LogP) is 2.46. The Balaban J connectivity index is 1.47. The van der Waals surface area contributed by atoms with Crippen molar-refractivity contribution < 1.29 is 19.1 Å². The van der Waals surface area contributed by atoms with Crippen molar-refractivity contribution in [2.75, 3.05) is 53.0 Å². The third kappa shape index (κ3) is 6.92. The first-order valence-corrected chi connectivity index (χ1v) is 11.3. The number of nitrogens with zero attached hydrogens (tertiary/aromatic N) is 2. The Labute approximate surface area is 193 Å². The van der Waals surface area contributed by atoms with E-state index in [2.05, 4.69) is 5.32 Å². The normalized spacial score (nSPS) is 22.7. The molecule has 2 saturated heterocycles. The number of hydrogen-bond donors (Lipinski definition) is 1. The number of amides is 2. The van der Waals surface area contributed by atoms with Gasteiger partial charge in [-0.15, -0.1) is 0 Å². The summed E-state index contributed by atoms with van der Waals surface area (Å²) in [5, 5.41) is 4.40. The summed E-state index contributed by atoms with van der Waals surface area (Å²) in [5.41, 5.74) is 0.795. The fraction of sp³-hybridized carbons (Fsp3) is 0.545. The van der Waals surface area contributed by atoms with Gasteiger partial charge in [-0.2, -0.15) is 0 Å². The lowest BCUT2D eigenvalue weighted by Gasteiger charge is -2.32. The van der Waals surface area contributed by atoms with Crippen LogP contribution in [0.15, 0.2) is 24.3 Å². The fourth-order valence-electron chi connectivity index (χ4n) is 3.78. The van der Waals surface area contributed by atoms with Crippen LogP contribution in [0.5, 0.6) is 0 Å². The average molecular weight is 470 g/mol. The molecule has 2 fully saturated rings. The van der Waals surface area contributed by atoms with Crippen molar-refractivity contribution in [3.05, 3.63) is 39.9 Å². The van der Waals surface area contributed by atoms with Crippen molar-refractivity contribution in [3.63, 3.8) is 0 Å². The van der Waals surface area contributed by atoms with Gasteiger partial charge in [0, 0.05) is 65.0 Å². The number of nitrogens with one attached hydrogen (secondary N) is 1. The van der Waals surface area contributed by atoms with E-state index < -0.39 is 0 Å². The molecule has 2 aliphatic heterocycles. The van der Waals surface area contributed by atoms with Gasteiger partial charge in [0.05, 0.1) is 22.8 Å². The maximum absolute atomic E-state index is 12.6. The fourth-order valence-corrected chi connectivity index (χ4v) is 4.08. The van der Waals surface area contributed by atoms with Crippen molar-refractivity contribution in [1.29, 1.82) is 0 Å². The Hall–Kier alpha value is -1.64. The van der Waals surface area contributed by atoms with Gasteiger partial charge in [-0.25, -0.2) is 0 Å². The topological polar surface area (TPSA) is 71.1 Å². The largest absolute Gasteiger partial charge is 0.379 e. The monoisotopic (exact) mass is 469 g/mol. The van der Waals surface area contributed by atoms with Crippen molar-refractivity contribution in [3.8, 4) is 0 Å². The molecule has 0 radical (unpaired) electrons. The maximum atomic E-state index is 12.6. The summed E-state index contributed by atoms with van der Waals surface area (Å²) < 4.78 is 10.9. The van der Waals surface area contributed by atoms with E-state index in [1.807, 2.05) is 4.90 Å². The third-order valence-corrected chi connectivity index (χ3v) is 6.40. The van der Waals surface area contributed by atoms with Crippen LogP contribution in [0, 0.1) is 0 Å². The lowest BCUT2D eigenvalue weighted by Crippen LogP contribution is -2.49. The zero-order chi connectivity index (χ0) is 22.2. The molecule has 2 heterocycles. The second-order valence-electron chi connectivity index (χ2n) is 7.66. The van der Waals surface area contributed by atoms with Gasteiger partial charge < -0.3 is 24.6 Å². The van der Waals surface area contributed by atoms with Crippen LogP contribution in [-0.2, 0) is 19.1 Å². The Morgan fingerprint density at radius 2 is 2.13 bits per heavy atom. The number of hydrogen-bond acceptors (Lipinski definition) is 5. The summed E-state index contributed by atoms with van der Waals surface area (Å²) in [6.45, 7) is 4.04. The van der Waals surface area contributed by atoms with Crippen LogP contribution >= 0.6 is 23.2 Å². The molecule has 0 spiro atoms. The first-order chi connectivity index (χ1) is 15.0. The van der Waals surface area contributed by atoms with Crippen LogP contribution in [0.25, 0.3) is 6.08 Å². The molecule has 2 unspecified atom stereocenters. The Morgan fingerprint density at radius 1 is 1.29 bits per heavy atom. The highest BCUT2D eigenvalue weighted by Crippen LogP contribution is 2.23. The lowest BCUT2D eigenvalue weighted by atomic mass is 10.1. The molecule has 2 amide bonds. The number of ether oxygens (including phenoxy) is 2. The summed E-state index contributed by atoms with van der Waals surface area (Å²) in [6, 6.07) is 5.43. The van der Waals surface area contributed by atoms with Gasteiger partial charge >= 0.3 is 0 Å². The zero-order valence-electron chi connectivity index (χ0n) is 17.7. The highest BCUT2D eigenvalue weighted by molar-refractivity contribution is 6.42. The highest BCUT2D eigenvalue weighted by Gasteiger charge is 2.26. The standard InChI is InChI=1S/C22H29Cl2N3O4/c1-30-20-15-31-13-7-19(20)25-8-10-27-12-11-26(9-6-22(27)29)21(28)5-3-16-2-4-17(23)18(24)14-16/h2-5,14,19-20,25H,6-13,15H2,1H3. The van der Waals surface area contributed by atoms with E-state index >= 15 is 0 Å². The lowest BCUT2D eigenvalue weighted by molar-refractivity contribution is -0.130. The minimum absolute atomic E-state index is 0.0315. The Morgan fingerprint density at radius 3 is 2.90 bits per heavy atom. The smallest absolute Gasteiger partial charge is 0.246 e. The molecule has 9 heteroatoms. The number of carbonyl (C=O) groups excluding carboxylic acids is 2. The predicted molar refractivity (Wildman–Crippen MR) is 121 cm³/mol. The van der Waals surface area contributed by atoms with Gasteiger partial charge in [0.2, 0.25) is 11.8 Å². The van der Waals surface area contributed by atoms with E-state index in [1.165, 1.54) is 6.08 Å². The highest BCUT2D eigenvalue weighted by atomic mass is 35.5. The van der Waals surface area contributed by atoms with Crippen molar-refractivity contribution in [2.45, 2.75) is 25.0 Å². The quantitative estimate of drug-likeness (QED) is 0.621.